The van der Waals surface area contributed by atoms with E-state index in [1.54, 1.807) is 0 Å². The number of aromatic amines is 1. The number of hydrogen-bond donors (Lipinski definition) is 3. The second-order valence-electron chi connectivity index (χ2n) is 3.06. The van der Waals surface area contributed by atoms with Crippen molar-refractivity contribution in [2.45, 2.75) is 13.0 Å². The van der Waals surface area contributed by atoms with Gasteiger partial charge >= 0.3 is 5.97 Å². The van der Waals surface area contributed by atoms with Crippen LogP contribution in [0.2, 0.25) is 0 Å². The molecule has 1 atom stereocenters. The second kappa shape index (κ2) is 4.43. The predicted molar refractivity (Wildman–Crippen MR) is 52.0 cm³/mol. The SMILES string of the molecule is C[C@@H](NC(=O)c1cc([N+](=O)[O-])c[nH]1)C(=O)O. The molecule has 8 heteroatoms. The smallest absolute Gasteiger partial charge is 0.325 e. The molecule has 0 fully saturated rings. The van der Waals surface area contributed by atoms with Gasteiger partial charge < -0.3 is 15.4 Å². The van der Waals surface area contributed by atoms with Gasteiger partial charge in [-0.2, -0.15) is 0 Å². The summed E-state index contributed by atoms with van der Waals surface area (Å²) < 4.78 is 0. The molecule has 86 valence electrons. The molecule has 16 heavy (non-hydrogen) atoms. The Morgan fingerprint density at radius 1 is 1.62 bits per heavy atom. The summed E-state index contributed by atoms with van der Waals surface area (Å²) in [5.74, 6) is -1.89. The molecule has 1 rings (SSSR count). The number of nitrogens with one attached hydrogen (secondary N) is 2. The van der Waals surface area contributed by atoms with Gasteiger partial charge in [0.05, 0.1) is 11.1 Å². The van der Waals surface area contributed by atoms with Gasteiger partial charge in [0.15, 0.2) is 0 Å². The molecular formula is C8H9N3O5. The Morgan fingerprint density at radius 2 is 2.25 bits per heavy atom. The largest absolute Gasteiger partial charge is 0.480 e. The minimum absolute atomic E-state index is 0.0557. The molecule has 0 saturated carbocycles. The lowest BCUT2D eigenvalue weighted by Gasteiger charge is -2.07. The van der Waals surface area contributed by atoms with Crippen molar-refractivity contribution in [3.63, 3.8) is 0 Å². The maximum absolute atomic E-state index is 11.4. The lowest BCUT2D eigenvalue weighted by atomic mass is 10.3. The van der Waals surface area contributed by atoms with Crippen LogP contribution < -0.4 is 5.32 Å². The Balaban J connectivity index is 2.73. The van der Waals surface area contributed by atoms with E-state index in [0.29, 0.717) is 0 Å². The molecule has 1 aromatic rings. The molecule has 0 saturated heterocycles. The average Bonchev–Trinajstić information content (AvgIpc) is 2.65. The van der Waals surface area contributed by atoms with Gasteiger partial charge in [0, 0.05) is 6.07 Å². The van der Waals surface area contributed by atoms with Crippen LogP contribution in [0.15, 0.2) is 12.3 Å². The summed E-state index contributed by atoms with van der Waals surface area (Å²) in [5, 5.41) is 21.0. The maximum Gasteiger partial charge on any atom is 0.325 e. The zero-order valence-corrected chi connectivity index (χ0v) is 8.26. The van der Waals surface area contributed by atoms with Crippen molar-refractivity contribution in [1.82, 2.24) is 10.3 Å². The summed E-state index contributed by atoms with van der Waals surface area (Å²) in [7, 11) is 0. The summed E-state index contributed by atoms with van der Waals surface area (Å²) in [4.78, 5) is 33.9. The van der Waals surface area contributed by atoms with E-state index < -0.39 is 22.8 Å². The highest BCUT2D eigenvalue weighted by Crippen LogP contribution is 2.11. The Hall–Kier alpha value is -2.38. The van der Waals surface area contributed by atoms with Gasteiger partial charge in [-0.3, -0.25) is 19.7 Å². The van der Waals surface area contributed by atoms with Crippen LogP contribution >= 0.6 is 0 Å². The van der Waals surface area contributed by atoms with Crippen molar-refractivity contribution >= 4 is 17.6 Å². The van der Waals surface area contributed by atoms with Crippen molar-refractivity contribution in [1.29, 1.82) is 0 Å². The van der Waals surface area contributed by atoms with Crippen molar-refractivity contribution in [2.24, 2.45) is 0 Å². The number of amides is 1. The minimum atomic E-state index is -1.19. The number of carboxylic acids is 1. The van der Waals surface area contributed by atoms with Crippen molar-refractivity contribution in [2.75, 3.05) is 0 Å². The molecule has 0 aliphatic carbocycles. The monoisotopic (exact) mass is 227 g/mol. The third-order valence-electron chi connectivity index (χ3n) is 1.84. The first-order chi connectivity index (χ1) is 7.41. The summed E-state index contributed by atoms with van der Waals surface area (Å²) >= 11 is 0. The van der Waals surface area contributed by atoms with Crippen LogP contribution in [0.25, 0.3) is 0 Å². The fourth-order valence-corrected chi connectivity index (χ4v) is 0.956. The van der Waals surface area contributed by atoms with Crippen LogP contribution in [0.3, 0.4) is 0 Å². The van der Waals surface area contributed by atoms with Gasteiger partial charge in [-0.15, -0.1) is 0 Å². The fraction of sp³-hybridized carbons (Fsp3) is 0.250. The molecule has 0 aliphatic rings. The van der Waals surface area contributed by atoms with Gasteiger partial charge in [-0.25, -0.2) is 0 Å². The topological polar surface area (TPSA) is 125 Å². The summed E-state index contributed by atoms with van der Waals surface area (Å²) in [6, 6.07) is -0.0287. The summed E-state index contributed by atoms with van der Waals surface area (Å²) in [6.45, 7) is 1.29. The van der Waals surface area contributed by atoms with E-state index in [1.165, 1.54) is 6.92 Å². The van der Waals surface area contributed by atoms with E-state index in [9.17, 15) is 19.7 Å². The van der Waals surface area contributed by atoms with E-state index in [1.807, 2.05) is 0 Å². The van der Waals surface area contributed by atoms with Crippen LogP contribution in [0, 0.1) is 10.1 Å². The molecule has 0 aromatic carbocycles. The highest BCUT2D eigenvalue weighted by Gasteiger charge is 2.18. The number of aliphatic carboxylic acids is 1. The molecule has 0 spiro atoms. The third-order valence-corrected chi connectivity index (χ3v) is 1.84. The van der Waals surface area contributed by atoms with Crippen molar-refractivity contribution in [3.8, 4) is 0 Å². The Kier molecular flexibility index (Phi) is 3.24. The summed E-state index contributed by atoms with van der Waals surface area (Å²) in [6.07, 6.45) is 1.06. The number of carboxylic acid groups (broad SMARTS) is 1. The van der Waals surface area contributed by atoms with E-state index in [4.69, 9.17) is 5.11 Å². The van der Waals surface area contributed by atoms with Gasteiger partial charge in [-0.1, -0.05) is 0 Å². The lowest BCUT2D eigenvalue weighted by molar-refractivity contribution is -0.384. The molecule has 0 unspecified atom stereocenters. The predicted octanol–water partition coefficient (Wildman–Crippen LogP) is 0.126. The number of carbonyl (C=O) groups is 2. The highest BCUT2D eigenvalue weighted by molar-refractivity contribution is 5.95. The lowest BCUT2D eigenvalue weighted by Crippen LogP contribution is -2.38. The number of hydrogen-bond acceptors (Lipinski definition) is 4. The van der Waals surface area contributed by atoms with Gasteiger partial charge in [-0.05, 0) is 6.92 Å². The second-order valence-corrected chi connectivity index (χ2v) is 3.06. The maximum atomic E-state index is 11.4. The zero-order valence-electron chi connectivity index (χ0n) is 8.26. The molecule has 1 amide bonds. The number of rotatable bonds is 4. The Morgan fingerprint density at radius 3 is 2.69 bits per heavy atom. The fourth-order valence-electron chi connectivity index (χ4n) is 0.956. The molecule has 1 aromatic heterocycles. The molecule has 3 N–H and O–H groups in total. The van der Waals surface area contributed by atoms with Crippen molar-refractivity contribution < 1.29 is 19.6 Å². The number of carbonyl (C=O) groups excluding carboxylic acids is 1. The van der Waals surface area contributed by atoms with E-state index in [0.717, 1.165) is 12.3 Å². The highest BCUT2D eigenvalue weighted by atomic mass is 16.6. The quantitative estimate of drug-likeness (QED) is 0.497. The minimum Gasteiger partial charge on any atom is -0.480 e. The number of nitrogens with zero attached hydrogens (tertiary/aromatic N) is 1. The average molecular weight is 227 g/mol. The van der Waals surface area contributed by atoms with E-state index >= 15 is 0 Å². The van der Waals surface area contributed by atoms with Gasteiger partial charge in [0.25, 0.3) is 11.6 Å². The van der Waals surface area contributed by atoms with Crippen LogP contribution in [0.5, 0.6) is 0 Å². The number of aromatic nitrogens is 1. The van der Waals surface area contributed by atoms with Crippen LogP contribution in [0.1, 0.15) is 17.4 Å². The van der Waals surface area contributed by atoms with Crippen LogP contribution in [0.4, 0.5) is 5.69 Å². The van der Waals surface area contributed by atoms with Crippen LogP contribution in [-0.4, -0.2) is 32.9 Å². The molecule has 1 heterocycles. The molecular weight excluding hydrogens is 218 g/mol. The summed E-state index contributed by atoms with van der Waals surface area (Å²) in [5.41, 5.74) is -0.312. The zero-order chi connectivity index (χ0) is 12.3. The van der Waals surface area contributed by atoms with Gasteiger partial charge in [0.2, 0.25) is 0 Å². The first kappa shape index (κ1) is 11.7. The van der Waals surface area contributed by atoms with Gasteiger partial charge in [0.1, 0.15) is 11.7 Å². The standard InChI is InChI=1S/C8H9N3O5/c1-4(8(13)14)10-7(12)6-2-5(3-9-6)11(15)16/h2-4,9H,1H3,(H,10,12)(H,13,14)/t4-/m1/s1. The number of nitro groups is 1. The third kappa shape index (κ3) is 2.56. The van der Waals surface area contributed by atoms with E-state index in [-0.39, 0.29) is 11.4 Å². The molecule has 0 radical (unpaired) electrons. The molecule has 0 aliphatic heterocycles. The normalized spacial score (nSPS) is 11.8. The number of H-pyrrole nitrogens is 1. The Bertz CT molecular complexity index is 439. The molecule has 8 nitrogen and oxygen atoms in total. The van der Waals surface area contributed by atoms with Crippen molar-refractivity contribution in [3.05, 3.63) is 28.1 Å². The molecule has 0 bridgehead atoms. The Labute approximate surface area is 89.4 Å². The first-order valence-electron chi connectivity index (χ1n) is 4.28. The first-order valence-corrected chi connectivity index (χ1v) is 4.28. The van der Waals surface area contributed by atoms with E-state index in [2.05, 4.69) is 10.3 Å². The van der Waals surface area contributed by atoms with Crippen LogP contribution in [-0.2, 0) is 4.79 Å².